The van der Waals surface area contributed by atoms with Crippen molar-refractivity contribution < 1.29 is 0 Å². The zero-order valence-corrected chi connectivity index (χ0v) is 15.5. The number of rotatable bonds is 5. The van der Waals surface area contributed by atoms with Crippen LogP contribution in [-0.4, -0.2) is 20.4 Å². The van der Waals surface area contributed by atoms with Crippen molar-refractivity contribution in [2.45, 2.75) is 39.0 Å². The highest BCUT2D eigenvalue weighted by Crippen LogP contribution is 2.45. The van der Waals surface area contributed by atoms with Crippen LogP contribution in [0.1, 0.15) is 36.9 Å². The molecule has 1 heterocycles. The summed E-state index contributed by atoms with van der Waals surface area (Å²) in [5.74, 6) is 0.780. The number of nitrogens with zero attached hydrogens (tertiary/aromatic N) is 2. The Morgan fingerprint density at radius 3 is 2.32 bits per heavy atom. The molecule has 0 radical (unpaired) electrons. The third-order valence-electron chi connectivity index (χ3n) is 4.55. The number of halogens is 3. The lowest BCUT2D eigenvalue weighted by molar-refractivity contribution is 0.232. The van der Waals surface area contributed by atoms with Gasteiger partial charge in [0.2, 0.25) is 0 Å². The smallest absolute Gasteiger partial charge is 0.130 e. The number of aryl methyl sites for hydroxylation is 2. The lowest BCUT2D eigenvalue weighted by Crippen LogP contribution is -2.35. The van der Waals surface area contributed by atoms with E-state index in [4.69, 9.17) is 11.6 Å². The van der Waals surface area contributed by atoms with E-state index < -0.39 is 0 Å². The summed E-state index contributed by atoms with van der Waals surface area (Å²) in [7, 11) is 1.92. The molecule has 0 aliphatic heterocycles. The van der Waals surface area contributed by atoms with Crippen molar-refractivity contribution in [1.82, 2.24) is 9.78 Å². The molecule has 1 fully saturated rings. The molecule has 108 valence electrons. The van der Waals surface area contributed by atoms with Crippen LogP contribution in [0.2, 0.25) is 5.15 Å². The fourth-order valence-corrected chi connectivity index (χ4v) is 5.74. The maximum Gasteiger partial charge on any atom is 0.130 e. The molecule has 0 amide bonds. The van der Waals surface area contributed by atoms with E-state index in [2.05, 4.69) is 43.9 Å². The van der Waals surface area contributed by atoms with Gasteiger partial charge >= 0.3 is 0 Å². The van der Waals surface area contributed by atoms with E-state index in [1.54, 1.807) is 4.68 Å². The van der Waals surface area contributed by atoms with Gasteiger partial charge < -0.3 is 0 Å². The van der Waals surface area contributed by atoms with Gasteiger partial charge in [0.15, 0.2) is 0 Å². The van der Waals surface area contributed by atoms with Crippen LogP contribution in [0.3, 0.4) is 0 Å². The average molecular weight is 413 g/mol. The maximum absolute atomic E-state index is 6.41. The number of hydrogen-bond acceptors (Lipinski definition) is 1. The standard InChI is InChI=1S/C14H21Br2ClN2/c1-10-12(13(17)19(2)18-10)7-14(8-15,9-16)11-5-3-4-6-11/h11H,3-9H2,1-2H3. The number of alkyl halides is 2. The van der Waals surface area contributed by atoms with Crippen molar-refractivity contribution in [2.75, 3.05) is 10.7 Å². The second-order valence-corrected chi connectivity index (χ2v) is 7.25. The van der Waals surface area contributed by atoms with E-state index in [9.17, 15) is 0 Å². The molecule has 0 spiro atoms. The van der Waals surface area contributed by atoms with Gasteiger partial charge in [-0.25, -0.2) is 0 Å². The molecule has 19 heavy (non-hydrogen) atoms. The average Bonchev–Trinajstić information content (AvgIpc) is 3.00. The van der Waals surface area contributed by atoms with Gasteiger partial charge in [0.25, 0.3) is 0 Å². The lowest BCUT2D eigenvalue weighted by Gasteiger charge is -2.36. The topological polar surface area (TPSA) is 17.8 Å². The van der Waals surface area contributed by atoms with Gasteiger partial charge in [-0.3, -0.25) is 4.68 Å². The van der Waals surface area contributed by atoms with Crippen molar-refractivity contribution in [3.8, 4) is 0 Å². The molecule has 0 saturated heterocycles. The van der Waals surface area contributed by atoms with E-state index in [-0.39, 0.29) is 5.41 Å². The molecule has 0 N–H and O–H groups in total. The predicted molar refractivity (Wildman–Crippen MR) is 88.6 cm³/mol. The highest BCUT2D eigenvalue weighted by atomic mass is 79.9. The molecule has 0 bridgehead atoms. The summed E-state index contributed by atoms with van der Waals surface area (Å²) in [5.41, 5.74) is 2.54. The second-order valence-electron chi connectivity index (χ2n) is 5.77. The van der Waals surface area contributed by atoms with Crippen molar-refractivity contribution in [3.05, 3.63) is 16.4 Å². The Bertz CT molecular complexity index is 435. The first-order valence-electron chi connectivity index (χ1n) is 6.84. The number of aromatic nitrogens is 2. The van der Waals surface area contributed by atoms with Crippen LogP contribution in [0, 0.1) is 18.3 Å². The van der Waals surface area contributed by atoms with E-state index in [1.165, 1.54) is 31.2 Å². The summed E-state index contributed by atoms with van der Waals surface area (Å²) in [6.45, 7) is 2.06. The van der Waals surface area contributed by atoms with Crippen molar-refractivity contribution in [3.63, 3.8) is 0 Å². The largest absolute Gasteiger partial charge is 0.257 e. The number of hydrogen-bond donors (Lipinski definition) is 0. The van der Waals surface area contributed by atoms with Gasteiger partial charge in [0, 0.05) is 23.3 Å². The molecule has 1 aliphatic carbocycles. The Balaban J connectivity index is 2.29. The van der Waals surface area contributed by atoms with E-state index in [0.29, 0.717) is 0 Å². The minimum Gasteiger partial charge on any atom is -0.257 e. The molecule has 1 aliphatic rings. The van der Waals surface area contributed by atoms with Gasteiger partial charge in [0.05, 0.1) is 5.69 Å². The molecule has 2 nitrogen and oxygen atoms in total. The van der Waals surface area contributed by atoms with Gasteiger partial charge in [-0.05, 0) is 37.5 Å². The Labute approximate surface area is 137 Å². The van der Waals surface area contributed by atoms with Gasteiger partial charge in [-0.1, -0.05) is 56.3 Å². The van der Waals surface area contributed by atoms with Crippen LogP contribution < -0.4 is 0 Å². The molecule has 0 aromatic carbocycles. The van der Waals surface area contributed by atoms with Crippen LogP contribution in [0.15, 0.2) is 0 Å². The SMILES string of the molecule is Cc1nn(C)c(Cl)c1CC(CBr)(CBr)C1CCCC1. The highest BCUT2D eigenvalue weighted by molar-refractivity contribution is 9.09. The van der Waals surface area contributed by atoms with Crippen molar-refractivity contribution >= 4 is 43.5 Å². The summed E-state index contributed by atoms with van der Waals surface area (Å²) < 4.78 is 1.79. The van der Waals surface area contributed by atoms with Gasteiger partial charge in [0.1, 0.15) is 5.15 Å². The molecule has 1 aromatic heterocycles. The molecular formula is C14H21Br2ClN2. The summed E-state index contributed by atoms with van der Waals surface area (Å²) in [4.78, 5) is 0. The molecular weight excluding hydrogens is 391 g/mol. The third kappa shape index (κ3) is 3.06. The Morgan fingerprint density at radius 2 is 1.89 bits per heavy atom. The molecule has 5 heteroatoms. The van der Waals surface area contributed by atoms with Crippen LogP contribution in [0.25, 0.3) is 0 Å². The summed E-state index contributed by atoms with van der Waals surface area (Å²) in [6, 6.07) is 0. The fourth-order valence-electron chi connectivity index (χ4n) is 3.26. The summed E-state index contributed by atoms with van der Waals surface area (Å²) >= 11 is 13.9. The van der Waals surface area contributed by atoms with Crippen molar-refractivity contribution in [1.29, 1.82) is 0 Å². The van der Waals surface area contributed by atoms with Crippen LogP contribution in [0.5, 0.6) is 0 Å². The Morgan fingerprint density at radius 1 is 1.32 bits per heavy atom. The lowest BCUT2D eigenvalue weighted by atomic mass is 9.73. The first-order chi connectivity index (χ1) is 9.04. The maximum atomic E-state index is 6.41. The second kappa shape index (κ2) is 6.48. The zero-order valence-electron chi connectivity index (χ0n) is 11.6. The first-order valence-corrected chi connectivity index (χ1v) is 9.46. The van der Waals surface area contributed by atoms with E-state index in [1.807, 2.05) is 7.05 Å². The fraction of sp³-hybridized carbons (Fsp3) is 0.786. The Kier molecular flexibility index (Phi) is 5.41. The van der Waals surface area contributed by atoms with Crippen LogP contribution in [0.4, 0.5) is 0 Å². The van der Waals surface area contributed by atoms with Crippen molar-refractivity contribution in [2.24, 2.45) is 18.4 Å². The van der Waals surface area contributed by atoms with E-state index >= 15 is 0 Å². The monoisotopic (exact) mass is 410 g/mol. The normalized spacial score (nSPS) is 17.3. The minimum absolute atomic E-state index is 0.258. The Hall–Kier alpha value is 0.460. The molecule has 2 rings (SSSR count). The van der Waals surface area contributed by atoms with E-state index in [0.717, 1.165) is 33.8 Å². The third-order valence-corrected chi connectivity index (χ3v) is 7.26. The van der Waals surface area contributed by atoms with Crippen LogP contribution >= 0.6 is 43.5 Å². The minimum atomic E-state index is 0.258. The summed E-state index contributed by atoms with van der Waals surface area (Å²) in [5, 5.41) is 7.27. The highest BCUT2D eigenvalue weighted by Gasteiger charge is 2.39. The van der Waals surface area contributed by atoms with Gasteiger partial charge in [-0.15, -0.1) is 0 Å². The predicted octanol–water partition coefficient (Wildman–Crippen LogP) is 4.89. The molecule has 1 aromatic rings. The molecule has 1 saturated carbocycles. The zero-order chi connectivity index (χ0) is 14.0. The van der Waals surface area contributed by atoms with Gasteiger partial charge in [-0.2, -0.15) is 5.10 Å². The molecule has 0 unspecified atom stereocenters. The first kappa shape index (κ1) is 15.8. The summed E-state index contributed by atoms with van der Waals surface area (Å²) in [6.07, 6.45) is 6.42. The molecule has 0 atom stereocenters. The quantitative estimate of drug-likeness (QED) is 0.630. The van der Waals surface area contributed by atoms with Crippen LogP contribution in [-0.2, 0) is 13.5 Å².